The van der Waals surface area contributed by atoms with Crippen LogP contribution < -0.4 is 0 Å². The van der Waals surface area contributed by atoms with Crippen molar-refractivity contribution in [2.45, 2.75) is 25.4 Å². The number of likely N-dealkylation sites (tertiary alicyclic amines) is 1. The van der Waals surface area contributed by atoms with Gasteiger partial charge in [0.15, 0.2) is 5.71 Å². The summed E-state index contributed by atoms with van der Waals surface area (Å²) in [6.45, 7) is 0.445. The number of oxime groups is 1. The maximum Gasteiger partial charge on any atom is 0.433 e. The Morgan fingerprint density at radius 3 is 2.72 bits per heavy atom. The van der Waals surface area contributed by atoms with Crippen LogP contribution in [0.15, 0.2) is 5.16 Å². The second-order valence-corrected chi connectivity index (χ2v) is 4.74. The highest BCUT2D eigenvalue weighted by Gasteiger charge is 2.49. The zero-order valence-corrected chi connectivity index (χ0v) is 10.0. The maximum absolute atomic E-state index is 12.8. The molecule has 0 aromatic heterocycles. The Labute approximate surface area is 103 Å². The average molecular weight is 264 g/mol. The van der Waals surface area contributed by atoms with Crippen molar-refractivity contribution in [1.29, 1.82) is 0 Å². The molecule has 18 heavy (non-hydrogen) atoms. The van der Waals surface area contributed by atoms with Gasteiger partial charge in [-0.1, -0.05) is 11.6 Å². The van der Waals surface area contributed by atoms with Gasteiger partial charge >= 0.3 is 6.18 Å². The topological polar surface area (TPSA) is 41.9 Å². The second kappa shape index (κ2) is 4.78. The molecule has 2 rings (SSSR count). The first-order chi connectivity index (χ1) is 8.41. The molecule has 2 atom stereocenters. The van der Waals surface area contributed by atoms with Gasteiger partial charge in [-0.25, -0.2) is 0 Å². The fourth-order valence-electron chi connectivity index (χ4n) is 2.51. The largest absolute Gasteiger partial charge is 0.433 e. The predicted molar refractivity (Wildman–Crippen MR) is 57.9 cm³/mol. The molecule has 0 aromatic rings. The van der Waals surface area contributed by atoms with Gasteiger partial charge in [0.1, 0.15) is 6.61 Å². The molecule has 2 heterocycles. The molecule has 7 heteroatoms. The number of carbonyl (C=O) groups excluding carboxylic acids is 1. The molecule has 102 valence electrons. The van der Waals surface area contributed by atoms with E-state index < -0.39 is 23.7 Å². The van der Waals surface area contributed by atoms with Crippen LogP contribution in [0, 0.1) is 11.8 Å². The molecule has 2 aliphatic heterocycles. The third-order valence-corrected chi connectivity index (χ3v) is 3.50. The van der Waals surface area contributed by atoms with E-state index in [0.29, 0.717) is 13.0 Å². The number of rotatable bonds is 1. The smallest absolute Gasteiger partial charge is 0.395 e. The molecular weight excluding hydrogens is 249 g/mol. The van der Waals surface area contributed by atoms with Crippen LogP contribution in [0.25, 0.3) is 0 Å². The summed E-state index contributed by atoms with van der Waals surface area (Å²) in [6.07, 6.45) is -2.48. The zero-order chi connectivity index (χ0) is 13.3. The van der Waals surface area contributed by atoms with Crippen LogP contribution in [-0.4, -0.2) is 42.9 Å². The first-order valence-electron chi connectivity index (χ1n) is 5.93. The number of hydrogen-bond acceptors (Lipinski definition) is 3. The van der Waals surface area contributed by atoms with Crippen molar-refractivity contribution in [2.75, 3.05) is 20.2 Å². The molecule has 0 aromatic carbocycles. The Kier molecular flexibility index (Phi) is 3.49. The van der Waals surface area contributed by atoms with E-state index in [1.54, 1.807) is 7.05 Å². The Morgan fingerprint density at radius 2 is 2.06 bits per heavy atom. The minimum atomic E-state index is -4.52. The fraction of sp³-hybridized carbons (Fsp3) is 0.818. The predicted octanol–water partition coefficient (Wildman–Crippen LogP) is 1.81. The van der Waals surface area contributed by atoms with Gasteiger partial charge in [0.05, 0.1) is 11.8 Å². The van der Waals surface area contributed by atoms with Gasteiger partial charge in [0, 0.05) is 13.6 Å². The van der Waals surface area contributed by atoms with Crippen molar-refractivity contribution in [3.05, 3.63) is 0 Å². The Balaban J connectivity index is 2.20. The fourth-order valence-corrected chi connectivity index (χ4v) is 2.51. The summed E-state index contributed by atoms with van der Waals surface area (Å²) in [5.74, 6) is -1.86. The number of amides is 1. The van der Waals surface area contributed by atoms with Gasteiger partial charge in [-0.2, -0.15) is 13.2 Å². The summed E-state index contributed by atoms with van der Waals surface area (Å²) in [7, 11) is 1.63. The van der Waals surface area contributed by atoms with Crippen molar-refractivity contribution >= 4 is 11.6 Å². The van der Waals surface area contributed by atoms with Gasteiger partial charge in [-0.05, 0) is 12.8 Å². The van der Waals surface area contributed by atoms with E-state index in [1.807, 2.05) is 0 Å². The Morgan fingerprint density at radius 1 is 1.33 bits per heavy atom. The van der Waals surface area contributed by atoms with Crippen LogP contribution in [-0.2, 0) is 9.63 Å². The van der Waals surface area contributed by atoms with Crippen LogP contribution in [0.2, 0.25) is 0 Å². The third-order valence-electron chi connectivity index (χ3n) is 3.50. The van der Waals surface area contributed by atoms with E-state index in [2.05, 4.69) is 9.99 Å². The molecule has 0 spiro atoms. The van der Waals surface area contributed by atoms with E-state index >= 15 is 0 Å². The SMILES string of the molecule is CN1CCCCC(C2CON=C2C(F)(F)F)C1=O. The van der Waals surface area contributed by atoms with Crippen LogP contribution >= 0.6 is 0 Å². The molecule has 4 nitrogen and oxygen atoms in total. The number of carbonyl (C=O) groups is 1. The van der Waals surface area contributed by atoms with Gasteiger partial charge in [0.2, 0.25) is 5.91 Å². The van der Waals surface area contributed by atoms with Crippen LogP contribution in [0.5, 0.6) is 0 Å². The van der Waals surface area contributed by atoms with Crippen molar-refractivity contribution in [2.24, 2.45) is 17.0 Å². The number of halogens is 3. The molecule has 1 amide bonds. The van der Waals surface area contributed by atoms with E-state index in [1.165, 1.54) is 4.90 Å². The lowest BCUT2D eigenvalue weighted by Crippen LogP contribution is -2.41. The first-order valence-corrected chi connectivity index (χ1v) is 5.93. The van der Waals surface area contributed by atoms with Crippen molar-refractivity contribution in [3.63, 3.8) is 0 Å². The van der Waals surface area contributed by atoms with E-state index in [4.69, 9.17) is 0 Å². The molecule has 0 bridgehead atoms. The number of hydrogen-bond donors (Lipinski definition) is 0. The highest BCUT2D eigenvalue weighted by molar-refractivity contribution is 5.96. The quantitative estimate of drug-likeness (QED) is 0.724. The molecule has 0 saturated carbocycles. The Bertz CT molecular complexity index is 368. The lowest BCUT2D eigenvalue weighted by molar-refractivity contribution is -0.135. The van der Waals surface area contributed by atoms with Crippen LogP contribution in [0.4, 0.5) is 13.2 Å². The minimum Gasteiger partial charge on any atom is -0.395 e. The van der Waals surface area contributed by atoms with Crippen molar-refractivity contribution < 1.29 is 22.8 Å². The molecular formula is C11H15F3N2O2. The summed E-state index contributed by atoms with van der Waals surface area (Å²) >= 11 is 0. The highest BCUT2D eigenvalue weighted by Crippen LogP contribution is 2.34. The highest BCUT2D eigenvalue weighted by atomic mass is 19.4. The molecule has 0 aliphatic carbocycles. The molecule has 0 radical (unpaired) electrons. The maximum atomic E-state index is 12.8. The number of alkyl halides is 3. The summed E-state index contributed by atoms with van der Waals surface area (Å²) in [6, 6.07) is 0. The van der Waals surface area contributed by atoms with Crippen molar-refractivity contribution in [3.8, 4) is 0 Å². The van der Waals surface area contributed by atoms with Crippen molar-refractivity contribution in [1.82, 2.24) is 4.90 Å². The van der Waals surface area contributed by atoms with E-state index in [9.17, 15) is 18.0 Å². The zero-order valence-electron chi connectivity index (χ0n) is 10.0. The summed E-state index contributed by atoms with van der Waals surface area (Å²) < 4.78 is 38.3. The second-order valence-electron chi connectivity index (χ2n) is 4.74. The number of nitrogens with zero attached hydrogens (tertiary/aromatic N) is 2. The Hall–Kier alpha value is -1.27. The van der Waals surface area contributed by atoms with Gasteiger partial charge in [0.25, 0.3) is 0 Å². The first kappa shape index (κ1) is 13.2. The molecule has 2 unspecified atom stereocenters. The molecule has 0 N–H and O–H groups in total. The third kappa shape index (κ3) is 2.44. The van der Waals surface area contributed by atoms with Gasteiger partial charge in [-0.3, -0.25) is 4.79 Å². The molecule has 2 aliphatic rings. The van der Waals surface area contributed by atoms with Crippen LogP contribution in [0.1, 0.15) is 19.3 Å². The standard InChI is InChI=1S/C11H15F3N2O2/c1-16-5-3-2-4-7(10(16)17)8-6-18-15-9(8)11(12,13)14/h7-8H,2-6H2,1H3. The lowest BCUT2D eigenvalue weighted by atomic mass is 9.85. The monoisotopic (exact) mass is 264 g/mol. The van der Waals surface area contributed by atoms with E-state index in [-0.39, 0.29) is 12.5 Å². The molecule has 1 fully saturated rings. The summed E-state index contributed by atoms with van der Waals surface area (Å²) in [5.41, 5.74) is -0.948. The summed E-state index contributed by atoms with van der Waals surface area (Å²) in [4.78, 5) is 18.1. The minimum absolute atomic E-state index is 0.154. The van der Waals surface area contributed by atoms with Gasteiger partial charge < -0.3 is 9.74 Å². The normalized spacial score (nSPS) is 29.9. The van der Waals surface area contributed by atoms with Crippen LogP contribution in [0.3, 0.4) is 0 Å². The molecule has 1 saturated heterocycles. The van der Waals surface area contributed by atoms with Gasteiger partial charge in [-0.15, -0.1) is 0 Å². The van der Waals surface area contributed by atoms with E-state index in [0.717, 1.165) is 12.8 Å². The summed E-state index contributed by atoms with van der Waals surface area (Å²) in [5, 5.41) is 3.07. The average Bonchev–Trinajstić information content (AvgIpc) is 2.70. The lowest BCUT2D eigenvalue weighted by Gasteiger charge is -2.24.